The standard InChI is InChI=1S/C20H26N2O3/c1-24-18-11-10-17(13-19(18)25-2)14-22-20(23)15-21-12-6-9-16-7-4-3-5-8-16/h3-5,7-8,10-11,13,21H,6,9,12,14-15H2,1-2H3,(H,22,23). The van der Waals surface area contributed by atoms with Crippen molar-refractivity contribution >= 4 is 5.91 Å². The molecule has 0 heterocycles. The molecule has 0 aliphatic heterocycles. The largest absolute Gasteiger partial charge is 0.493 e. The van der Waals surface area contributed by atoms with E-state index in [1.807, 2.05) is 36.4 Å². The lowest BCUT2D eigenvalue weighted by molar-refractivity contribution is -0.120. The number of nitrogens with one attached hydrogen (secondary N) is 2. The van der Waals surface area contributed by atoms with Gasteiger partial charge in [0.05, 0.1) is 20.8 Å². The number of carbonyl (C=O) groups is 1. The molecule has 0 atom stereocenters. The second-order valence-corrected chi connectivity index (χ2v) is 5.73. The lowest BCUT2D eigenvalue weighted by atomic mass is 10.1. The zero-order valence-electron chi connectivity index (χ0n) is 14.9. The summed E-state index contributed by atoms with van der Waals surface area (Å²) in [7, 11) is 3.20. The number of hydrogen-bond acceptors (Lipinski definition) is 4. The number of aryl methyl sites for hydroxylation is 1. The fourth-order valence-electron chi connectivity index (χ4n) is 2.52. The van der Waals surface area contributed by atoms with Gasteiger partial charge in [-0.05, 0) is 42.6 Å². The number of rotatable bonds is 10. The Hall–Kier alpha value is -2.53. The Kier molecular flexibility index (Phi) is 7.79. The quantitative estimate of drug-likeness (QED) is 0.652. The monoisotopic (exact) mass is 342 g/mol. The van der Waals surface area contributed by atoms with E-state index >= 15 is 0 Å². The molecule has 1 amide bonds. The highest BCUT2D eigenvalue weighted by Crippen LogP contribution is 2.27. The Labute approximate surface area is 149 Å². The summed E-state index contributed by atoms with van der Waals surface area (Å²) >= 11 is 0. The van der Waals surface area contributed by atoms with Gasteiger partial charge in [-0.15, -0.1) is 0 Å². The van der Waals surface area contributed by atoms with Crippen LogP contribution in [0.5, 0.6) is 11.5 Å². The third-order valence-corrected chi connectivity index (χ3v) is 3.89. The van der Waals surface area contributed by atoms with E-state index in [0.717, 1.165) is 24.9 Å². The number of methoxy groups -OCH3 is 2. The van der Waals surface area contributed by atoms with Gasteiger partial charge in [0.1, 0.15) is 0 Å². The molecule has 2 aromatic carbocycles. The molecule has 0 aliphatic carbocycles. The molecule has 0 spiro atoms. The molecule has 2 aromatic rings. The van der Waals surface area contributed by atoms with E-state index in [-0.39, 0.29) is 5.91 Å². The predicted octanol–water partition coefficient (Wildman–Crippen LogP) is 2.54. The lowest BCUT2D eigenvalue weighted by Crippen LogP contribution is -2.34. The van der Waals surface area contributed by atoms with E-state index in [0.29, 0.717) is 24.6 Å². The fraction of sp³-hybridized carbons (Fsp3) is 0.350. The molecular formula is C20H26N2O3. The van der Waals surface area contributed by atoms with Crippen LogP contribution in [-0.4, -0.2) is 33.2 Å². The van der Waals surface area contributed by atoms with E-state index in [9.17, 15) is 4.79 Å². The van der Waals surface area contributed by atoms with Crippen molar-refractivity contribution in [1.82, 2.24) is 10.6 Å². The molecule has 0 aromatic heterocycles. The number of hydrogen-bond donors (Lipinski definition) is 2. The van der Waals surface area contributed by atoms with Crippen LogP contribution in [0, 0.1) is 0 Å². The van der Waals surface area contributed by atoms with Gasteiger partial charge < -0.3 is 20.1 Å². The van der Waals surface area contributed by atoms with Crippen LogP contribution in [0.25, 0.3) is 0 Å². The molecule has 0 saturated heterocycles. The van der Waals surface area contributed by atoms with E-state index in [1.165, 1.54) is 5.56 Å². The number of carbonyl (C=O) groups excluding carboxylic acids is 1. The van der Waals surface area contributed by atoms with Crippen LogP contribution in [0.1, 0.15) is 17.5 Å². The first-order valence-electron chi connectivity index (χ1n) is 8.45. The number of amides is 1. The van der Waals surface area contributed by atoms with Gasteiger partial charge in [0.25, 0.3) is 0 Å². The van der Waals surface area contributed by atoms with E-state index in [4.69, 9.17) is 9.47 Å². The van der Waals surface area contributed by atoms with E-state index in [1.54, 1.807) is 14.2 Å². The molecule has 0 fully saturated rings. The fourth-order valence-corrected chi connectivity index (χ4v) is 2.52. The summed E-state index contributed by atoms with van der Waals surface area (Å²) in [5.41, 5.74) is 2.29. The SMILES string of the molecule is COc1ccc(CNC(=O)CNCCCc2ccccc2)cc1OC. The first kappa shape index (κ1) is 18.8. The minimum atomic E-state index is -0.0190. The van der Waals surface area contributed by atoms with Crippen molar-refractivity contribution < 1.29 is 14.3 Å². The zero-order valence-corrected chi connectivity index (χ0v) is 14.9. The van der Waals surface area contributed by atoms with Crippen LogP contribution >= 0.6 is 0 Å². The van der Waals surface area contributed by atoms with Crippen LogP contribution in [0.2, 0.25) is 0 Å². The summed E-state index contributed by atoms with van der Waals surface area (Å²) in [4.78, 5) is 11.9. The third-order valence-electron chi connectivity index (χ3n) is 3.89. The Morgan fingerprint density at radius 1 is 0.960 bits per heavy atom. The van der Waals surface area contributed by atoms with E-state index in [2.05, 4.69) is 22.8 Å². The summed E-state index contributed by atoms with van der Waals surface area (Å²) in [5.74, 6) is 1.32. The van der Waals surface area contributed by atoms with E-state index < -0.39 is 0 Å². The van der Waals surface area contributed by atoms with Crippen molar-refractivity contribution in [2.75, 3.05) is 27.3 Å². The Bertz CT molecular complexity index is 659. The summed E-state index contributed by atoms with van der Waals surface area (Å²) in [5, 5.41) is 6.07. The van der Waals surface area contributed by atoms with Crippen LogP contribution in [0.3, 0.4) is 0 Å². The molecule has 0 saturated carbocycles. The molecule has 0 aliphatic rings. The first-order chi connectivity index (χ1) is 12.2. The summed E-state index contributed by atoms with van der Waals surface area (Å²) < 4.78 is 10.5. The Balaban J connectivity index is 1.64. The van der Waals surface area contributed by atoms with Crippen LogP contribution in [0.4, 0.5) is 0 Å². The van der Waals surface area contributed by atoms with Crippen molar-refractivity contribution in [3.8, 4) is 11.5 Å². The van der Waals surface area contributed by atoms with Gasteiger partial charge in [-0.3, -0.25) is 4.79 Å². The van der Waals surface area contributed by atoms with Gasteiger partial charge in [-0.25, -0.2) is 0 Å². The van der Waals surface area contributed by atoms with Crippen LogP contribution in [-0.2, 0) is 17.8 Å². The number of benzene rings is 2. The van der Waals surface area contributed by atoms with Crippen molar-refractivity contribution in [2.24, 2.45) is 0 Å². The summed E-state index contributed by atoms with van der Waals surface area (Å²) in [6.45, 7) is 1.60. The van der Waals surface area contributed by atoms with Crippen LogP contribution < -0.4 is 20.1 Å². The number of ether oxygens (including phenoxy) is 2. The molecule has 0 bridgehead atoms. The molecular weight excluding hydrogens is 316 g/mol. The van der Waals surface area contributed by atoms with Crippen LogP contribution in [0.15, 0.2) is 48.5 Å². The molecule has 5 nitrogen and oxygen atoms in total. The van der Waals surface area contributed by atoms with Crippen molar-refractivity contribution in [3.05, 3.63) is 59.7 Å². The van der Waals surface area contributed by atoms with Crippen molar-refractivity contribution in [3.63, 3.8) is 0 Å². The normalized spacial score (nSPS) is 10.3. The minimum absolute atomic E-state index is 0.0190. The predicted molar refractivity (Wildman–Crippen MR) is 99.0 cm³/mol. The molecule has 134 valence electrons. The highest BCUT2D eigenvalue weighted by molar-refractivity contribution is 5.78. The van der Waals surface area contributed by atoms with Gasteiger partial charge in [0.2, 0.25) is 5.91 Å². The van der Waals surface area contributed by atoms with Gasteiger partial charge >= 0.3 is 0 Å². The third kappa shape index (κ3) is 6.47. The van der Waals surface area contributed by atoms with Gasteiger partial charge in [0, 0.05) is 6.54 Å². The van der Waals surface area contributed by atoms with Gasteiger partial charge in [-0.1, -0.05) is 36.4 Å². The molecule has 2 N–H and O–H groups in total. The highest BCUT2D eigenvalue weighted by Gasteiger charge is 2.06. The molecule has 25 heavy (non-hydrogen) atoms. The second-order valence-electron chi connectivity index (χ2n) is 5.73. The molecule has 5 heteroatoms. The lowest BCUT2D eigenvalue weighted by Gasteiger charge is -2.10. The summed E-state index contributed by atoms with van der Waals surface area (Å²) in [6.07, 6.45) is 2.02. The topological polar surface area (TPSA) is 59.6 Å². The minimum Gasteiger partial charge on any atom is -0.493 e. The average molecular weight is 342 g/mol. The van der Waals surface area contributed by atoms with Gasteiger partial charge in [0.15, 0.2) is 11.5 Å². The van der Waals surface area contributed by atoms with Crippen molar-refractivity contribution in [2.45, 2.75) is 19.4 Å². The van der Waals surface area contributed by atoms with Crippen molar-refractivity contribution in [1.29, 1.82) is 0 Å². The molecule has 0 radical (unpaired) electrons. The maximum Gasteiger partial charge on any atom is 0.234 e. The Morgan fingerprint density at radius 3 is 2.44 bits per heavy atom. The maximum atomic E-state index is 11.9. The second kappa shape index (κ2) is 10.4. The zero-order chi connectivity index (χ0) is 17.9. The van der Waals surface area contributed by atoms with Gasteiger partial charge in [-0.2, -0.15) is 0 Å². The first-order valence-corrected chi connectivity index (χ1v) is 8.45. The smallest absolute Gasteiger partial charge is 0.234 e. The average Bonchev–Trinajstić information content (AvgIpc) is 2.66. The highest BCUT2D eigenvalue weighted by atomic mass is 16.5. The summed E-state index contributed by atoms with van der Waals surface area (Å²) in [6, 6.07) is 16.0. The molecule has 0 unspecified atom stereocenters. The maximum absolute atomic E-state index is 11.9. The molecule has 2 rings (SSSR count). The Morgan fingerprint density at radius 2 is 1.72 bits per heavy atom.